The number of anilines is 1. The van der Waals surface area contributed by atoms with E-state index < -0.39 is 0 Å². The predicted octanol–water partition coefficient (Wildman–Crippen LogP) is 4.61. The topological polar surface area (TPSA) is 41.4 Å². The summed E-state index contributed by atoms with van der Waals surface area (Å²) in [5.41, 5.74) is 7.54. The molecule has 0 aliphatic rings. The Labute approximate surface area is 163 Å². The highest BCUT2D eigenvalue weighted by atomic mass is 32.1. The number of thiocarbonyl (C=S) groups is 1. The zero-order chi connectivity index (χ0) is 19.2. The van der Waals surface area contributed by atoms with Crippen molar-refractivity contribution in [2.75, 3.05) is 5.32 Å². The van der Waals surface area contributed by atoms with E-state index in [2.05, 4.69) is 21.9 Å². The zero-order valence-corrected chi connectivity index (χ0v) is 16.1. The minimum atomic E-state index is -0.217. The van der Waals surface area contributed by atoms with Crippen LogP contribution in [0.3, 0.4) is 0 Å². The van der Waals surface area contributed by atoms with Crippen molar-refractivity contribution in [3.05, 3.63) is 89.0 Å². The minimum absolute atomic E-state index is 0.217. The van der Waals surface area contributed by atoms with Crippen molar-refractivity contribution < 1.29 is 4.39 Å². The van der Waals surface area contributed by atoms with Crippen molar-refractivity contribution in [3.8, 4) is 0 Å². The van der Waals surface area contributed by atoms with Gasteiger partial charge in [-0.25, -0.2) is 4.39 Å². The maximum atomic E-state index is 13.9. The van der Waals surface area contributed by atoms with Crippen LogP contribution in [0.4, 0.5) is 10.1 Å². The lowest BCUT2D eigenvalue weighted by Crippen LogP contribution is -2.24. The summed E-state index contributed by atoms with van der Waals surface area (Å²) in [5, 5.41) is 7.73. The number of hydrazone groups is 1. The summed E-state index contributed by atoms with van der Waals surface area (Å²) in [4.78, 5) is 0. The first-order valence-electron chi connectivity index (χ1n) is 8.59. The first kappa shape index (κ1) is 18.8. The van der Waals surface area contributed by atoms with Gasteiger partial charge in [0.1, 0.15) is 5.82 Å². The predicted molar refractivity (Wildman–Crippen MR) is 113 cm³/mol. The molecule has 1 heterocycles. The van der Waals surface area contributed by atoms with Gasteiger partial charge in [0.25, 0.3) is 0 Å². The molecule has 0 atom stereocenters. The maximum absolute atomic E-state index is 13.9. The molecule has 6 heteroatoms. The normalized spacial score (nSPS) is 10.9. The Morgan fingerprint density at radius 2 is 1.96 bits per heavy atom. The molecule has 4 nitrogen and oxygen atoms in total. The molecule has 3 aromatic rings. The fourth-order valence-corrected chi connectivity index (χ4v) is 2.92. The summed E-state index contributed by atoms with van der Waals surface area (Å²) in [6.45, 7) is 4.51. The smallest absolute Gasteiger partial charge is 0.191 e. The van der Waals surface area contributed by atoms with Gasteiger partial charge in [-0.2, -0.15) is 5.10 Å². The van der Waals surface area contributed by atoms with Crippen molar-refractivity contribution in [2.45, 2.75) is 20.4 Å². The summed E-state index contributed by atoms with van der Waals surface area (Å²) in [6.07, 6.45) is 3.55. The molecule has 27 heavy (non-hydrogen) atoms. The number of hydrogen-bond acceptors (Lipinski definition) is 2. The Morgan fingerprint density at radius 1 is 1.15 bits per heavy atom. The van der Waals surface area contributed by atoms with Gasteiger partial charge in [-0.1, -0.05) is 35.9 Å². The summed E-state index contributed by atoms with van der Waals surface area (Å²) < 4.78 is 15.8. The molecule has 0 unspecified atom stereocenters. The Hall–Kier alpha value is -2.99. The molecule has 0 saturated heterocycles. The zero-order valence-electron chi connectivity index (χ0n) is 15.2. The van der Waals surface area contributed by atoms with Crippen LogP contribution in [-0.2, 0) is 6.54 Å². The third-order valence-corrected chi connectivity index (χ3v) is 4.35. The van der Waals surface area contributed by atoms with Crippen LogP contribution in [0.25, 0.3) is 0 Å². The van der Waals surface area contributed by atoms with E-state index >= 15 is 0 Å². The van der Waals surface area contributed by atoms with Crippen LogP contribution >= 0.6 is 12.2 Å². The van der Waals surface area contributed by atoms with Crippen molar-refractivity contribution in [1.29, 1.82) is 0 Å². The monoisotopic (exact) mass is 380 g/mol. The van der Waals surface area contributed by atoms with Gasteiger partial charge in [-0.3, -0.25) is 5.43 Å². The number of aryl methyl sites for hydroxylation is 2. The van der Waals surface area contributed by atoms with Crippen LogP contribution in [0.2, 0.25) is 0 Å². The van der Waals surface area contributed by atoms with Crippen molar-refractivity contribution in [2.24, 2.45) is 5.10 Å². The Kier molecular flexibility index (Phi) is 5.98. The lowest BCUT2D eigenvalue weighted by molar-refractivity contribution is 0.599. The summed E-state index contributed by atoms with van der Waals surface area (Å²) in [7, 11) is 0. The van der Waals surface area contributed by atoms with Gasteiger partial charge in [0.15, 0.2) is 5.11 Å². The molecule has 0 amide bonds. The van der Waals surface area contributed by atoms with Gasteiger partial charge < -0.3 is 9.88 Å². The van der Waals surface area contributed by atoms with Crippen molar-refractivity contribution in [3.63, 3.8) is 0 Å². The Morgan fingerprint density at radius 3 is 2.74 bits per heavy atom. The summed E-state index contributed by atoms with van der Waals surface area (Å²) in [5.74, 6) is -0.217. The largest absolute Gasteiger partial charge is 0.342 e. The minimum Gasteiger partial charge on any atom is -0.342 e. The summed E-state index contributed by atoms with van der Waals surface area (Å²) in [6, 6.07) is 16.7. The van der Waals surface area contributed by atoms with Crippen LogP contribution in [-0.4, -0.2) is 15.9 Å². The lowest BCUT2D eigenvalue weighted by Gasteiger charge is -2.10. The van der Waals surface area contributed by atoms with Gasteiger partial charge in [0, 0.05) is 17.4 Å². The third-order valence-electron chi connectivity index (χ3n) is 4.16. The number of halogens is 1. The highest BCUT2D eigenvalue weighted by Crippen LogP contribution is 2.15. The first-order chi connectivity index (χ1) is 13.0. The van der Waals surface area contributed by atoms with E-state index in [0.717, 1.165) is 16.9 Å². The van der Waals surface area contributed by atoms with Crippen LogP contribution in [0, 0.1) is 19.7 Å². The second-order valence-electron chi connectivity index (χ2n) is 6.29. The van der Waals surface area contributed by atoms with Crippen molar-refractivity contribution in [1.82, 2.24) is 9.99 Å². The molecule has 0 radical (unpaired) electrons. The number of nitrogens with one attached hydrogen (secondary N) is 2. The van der Waals surface area contributed by atoms with Crippen LogP contribution in [0.1, 0.15) is 22.4 Å². The van der Waals surface area contributed by atoms with E-state index in [1.165, 1.54) is 11.6 Å². The number of rotatable bonds is 5. The average Bonchev–Trinajstić information content (AvgIpc) is 3.06. The van der Waals surface area contributed by atoms with E-state index in [-0.39, 0.29) is 5.82 Å². The molecular weight excluding hydrogens is 359 g/mol. The fourth-order valence-electron chi connectivity index (χ4n) is 2.76. The standard InChI is InChI=1S/C21H21FN4S/c1-15-9-10-20(16(2)12-15)24-21(27)25-23-13-18-7-5-11-26(18)14-17-6-3-4-8-19(17)22/h3-13H,14H2,1-2H3,(H2,24,25,27)/b23-13-. The van der Waals surface area contributed by atoms with Crippen molar-refractivity contribution >= 4 is 29.2 Å². The van der Waals surface area contributed by atoms with Crippen LogP contribution in [0.5, 0.6) is 0 Å². The summed E-state index contributed by atoms with van der Waals surface area (Å²) >= 11 is 5.29. The molecule has 0 saturated carbocycles. The highest BCUT2D eigenvalue weighted by molar-refractivity contribution is 7.80. The number of benzene rings is 2. The molecule has 3 rings (SSSR count). The maximum Gasteiger partial charge on any atom is 0.191 e. The molecule has 0 aliphatic carbocycles. The van der Waals surface area contributed by atoms with E-state index in [0.29, 0.717) is 17.2 Å². The third kappa shape index (κ3) is 5.01. The molecule has 1 aromatic heterocycles. The fraction of sp³-hybridized carbons (Fsp3) is 0.143. The molecule has 2 N–H and O–H groups in total. The second kappa shape index (κ2) is 8.60. The Bertz CT molecular complexity index is 978. The second-order valence-corrected chi connectivity index (χ2v) is 6.70. The molecule has 0 spiro atoms. The Balaban J connectivity index is 1.61. The lowest BCUT2D eigenvalue weighted by atomic mass is 10.1. The molecule has 0 fully saturated rings. The molecule has 138 valence electrons. The van der Waals surface area contributed by atoms with Gasteiger partial charge in [-0.05, 0) is 55.9 Å². The van der Waals surface area contributed by atoms with Gasteiger partial charge in [0.05, 0.1) is 18.5 Å². The number of hydrogen-bond donors (Lipinski definition) is 2. The quantitative estimate of drug-likeness (QED) is 0.386. The molecule has 0 bridgehead atoms. The molecular formula is C21H21FN4S. The van der Waals surface area contributed by atoms with Crippen LogP contribution < -0.4 is 10.7 Å². The van der Waals surface area contributed by atoms with E-state index in [1.807, 2.05) is 54.9 Å². The van der Waals surface area contributed by atoms with Crippen LogP contribution in [0.15, 0.2) is 65.9 Å². The number of nitrogens with zero attached hydrogens (tertiary/aromatic N) is 2. The van der Waals surface area contributed by atoms with Gasteiger partial charge in [0.2, 0.25) is 0 Å². The average molecular weight is 380 g/mol. The first-order valence-corrected chi connectivity index (χ1v) is 8.99. The van der Waals surface area contributed by atoms with E-state index in [4.69, 9.17) is 12.2 Å². The van der Waals surface area contributed by atoms with Gasteiger partial charge in [-0.15, -0.1) is 0 Å². The molecule has 2 aromatic carbocycles. The highest BCUT2D eigenvalue weighted by Gasteiger charge is 2.04. The van der Waals surface area contributed by atoms with Gasteiger partial charge >= 0.3 is 0 Å². The SMILES string of the molecule is Cc1ccc(NC(=S)N/N=C\c2cccn2Cc2ccccc2F)c(C)c1. The van der Waals surface area contributed by atoms with E-state index in [1.54, 1.807) is 18.3 Å². The molecule has 0 aliphatic heterocycles. The van der Waals surface area contributed by atoms with E-state index in [9.17, 15) is 4.39 Å². The number of aromatic nitrogens is 1.